The van der Waals surface area contributed by atoms with Gasteiger partial charge in [0.2, 0.25) is 5.82 Å². The monoisotopic (exact) mass is 295 g/mol. The number of nitrogens with zero attached hydrogens (tertiary/aromatic N) is 1. The lowest BCUT2D eigenvalue weighted by molar-refractivity contribution is -0.387. The maximum absolute atomic E-state index is 13.9. The molecule has 0 saturated carbocycles. The van der Waals surface area contributed by atoms with Crippen LogP contribution in [0.5, 0.6) is 11.5 Å². The number of nitro groups is 1. The number of rotatable bonds is 5. The Morgan fingerprint density at radius 1 is 1.24 bits per heavy atom. The first kappa shape index (κ1) is 14.7. The van der Waals surface area contributed by atoms with Gasteiger partial charge >= 0.3 is 5.69 Å². The van der Waals surface area contributed by atoms with E-state index in [1.54, 1.807) is 6.07 Å². The van der Waals surface area contributed by atoms with Crippen molar-refractivity contribution < 1.29 is 23.2 Å². The van der Waals surface area contributed by atoms with Crippen molar-refractivity contribution in [3.05, 3.63) is 63.7 Å². The smallest absolute Gasteiger partial charge is 0.305 e. The molecule has 0 unspecified atom stereocenters. The number of halogens is 2. The third-order valence-corrected chi connectivity index (χ3v) is 2.77. The Balaban J connectivity index is 2.14. The molecule has 0 aliphatic heterocycles. The molecule has 0 aliphatic carbocycles. The van der Waals surface area contributed by atoms with E-state index in [1.807, 2.05) is 0 Å². The molecular weight excluding hydrogens is 284 g/mol. The predicted octanol–water partition coefficient (Wildman–Crippen LogP) is 3.46. The number of methoxy groups -OCH3 is 1. The van der Waals surface area contributed by atoms with Crippen LogP contribution in [-0.2, 0) is 6.61 Å². The van der Waals surface area contributed by atoms with Gasteiger partial charge in [-0.15, -0.1) is 0 Å². The molecule has 0 aliphatic rings. The van der Waals surface area contributed by atoms with Gasteiger partial charge in [0.25, 0.3) is 0 Å². The standard InChI is InChI=1S/C14H11F2NO4/c1-20-13-4-2-3-9(14(13)16)8-21-10-5-6-12(17(18)19)11(15)7-10/h2-7H,8H2,1H3. The second kappa shape index (κ2) is 6.17. The third kappa shape index (κ3) is 3.25. The Kier molecular flexibility index (Phi) is 4.32. The van der Waals surface area contributed by atoms with Crippen molar-refractivity contribution in [2.75, 3.05) is 7.11 Å². The van der Waals surface area contributed by atoms with Gasteiger partial charge in [-0.05, 0) is 12.1 Å². The molecule has 0 spiro atoms. The lowest BCUT2D eigenvalue weighted by Crippen LogP contribution is -2.01. The summed E-state index contributed by atoms with van der Waals surface area (Å²) in [5.74, 6) is -1.43. The van der Waals surface area contributed by atoms with Gasteiger partial charge < -0.3 is 9.47 Å². The van der Waals surface area contributed by atoms with Crippen LogP contribution in [0.15, 0.2) is 36.4 Å². The molecule has 0 heterocycles. The lowest BCUT2D eigenvalue weighted by Gasteiger charge is -2.09. The summed E-state index contributed by atoms with van der Waals surface area (Å²) in [6.07, 6.45) is 0. The van der Waals surface area contributed by atoms with Crippen LogP contribution >= 0.6 is 0 Å². The van der Waals surface area contributed by atoms with Gasteiger partial charge in [0, 0.05) is 17.7 Å². The number of nitro benzene ring substituents is 1. The van der Waals surface area contributed by atoms with Gasteiger partial charge in [0.15, 0.2) is 11.6 Å². The minimum atomic E-state index is -1.01. The van der Waals surface area contributed by atoms with E-state index in [-0.39, 0.29) is 23.7 Å². The molecule has 0 aromatic heterocycles. The van der Waals surface area contributed by atoms with E-state index in [2.05, 4.69) is 0 Å². The van der Waals surface area contributed by atoms with E-state index < -0.39 is 22.2 Å². The second-order valence-electron chi connectivity index (χ2n) is 4.09. The highest BCUT2D eigenvalue weighted by molar-refractivity contribution is 5.38. The van der Waals surface area contributed by atoms with E-state index >= 15 is 0 Å². The van der Waals surface area contributed by atoms with Crippen LogP contribution < -0.4 is 9.47 Å². The van der Waals surface area contributed by atoms with Crippen molar-refractivity contribution >= 4 is 5.69 Å². The maximum Gasteiger partial charge on any atom is 0.305 e. The minimum absolute atomic E-state index is 0.0697. The molecule has 0 saturated heterocycles. The van der Waals surface area contributed by atoms with E-state index in [4.69, 9.17) is 9.47 Å². The van der Waals surface area contributed by atoms with Crippen molar-refractivity contribution in [3.8, 4) is 11.5 Å². The zero-order valence-corrected chi connectivity index (χ0v) is 11.0. The van der Waals surface area contributed by atoms with E-state index in [1.165, 1.54) is 25.3 Å². The Morgan fingerprint density at radius 3 is 2.62 bits per heavy atom. The molecule has 0 fully saturated rings. The molecule has 0 bridgehead atoms. The van der Waals surface area contributed by atoms with Gasteiger partial charge in [-0.1, -0.05) is 12.1 Å². The Morgan fingerprint density at radius 2 is 2.00 bits per heavy atom. The highest BCUT2D eigenvalue weighted by Crippen LogP contribution is 2.25. The first-order valence-corrected chi connectivity index (χ1v) is 5.91. The first-order chi connectivity index (χ1) is 10.0. The molecule has 5 nitrogen and oxygen atoms in total. The number of ether oxygens (including phenoxy) is 2. The Labute approximate surface area is 118 Å². The second-order valence-corrected chi connectivity index (χ2v) is 4.09. The summed E-state index contributed by atoms with van der Waals surface area (Å²) in [6.45, 7) is -0.152. The predicted molar refractivity (Wildman–Crippen MR) is 70.3 cm³/mol. The summed E-state index contributed by atoms with van der Waals surface area (Å²) in [7, 11) is 1.34. The average Bonchev–Trinajstić information content (AvgIpc) is 2.46. The fourth-order valence-electron chi connectivity index (χ4n) is 1.71. The summed E-state index contributed by atoms with van der Waals surface area (Å²) in [5.41, 5.74) is -0.414. The first-order valence-electron chi connectivity index (χ1n) is 5.91. The fraction of sp³-hybridized carbons (Fsp3) is 0.143. The van der Waals surface area contributed by atoms with Crippen LogP contribution in [0.3, 0.4) is 0 Å². The van der Waals surface area contributed by atoms with Crippen LogP contribution in [0.2, 0.25) is 0 Å². The number of hydrogen-bond donors (Lipinski definition) is 0. The van der Waals surface area contributed by atoms with E-state index in [0.29, 0.717) is 0 Å². The zero-order valence-electron chi connectivity index (χ0n) is 11.0. The van der Waals surface area contributed by atoms with Crippen molar-refractivity contribution in [2.45, 2.75) is 6.61 Å². The van der Waals surface area contributed by atoms with Crippen LogP contribution in [0.1, 0.15) is 5.56 Å². The molecule has 110 valence electrons. The highest BCUT2D eigenvalue weighted by atomic mass is 19.1. The molecule has 0 radical (unpaired) electrons. The van der Waals surface area contributed by atoms with Gasteiger partial charge in [-0.3, -0.25) is 10.1 Å². The summed E-state index contributed by atoms with van der Waals surface area (Å²) in [4.78, 5) is 9.66. The Hall–Kier alpha value is -2.70. The molecule has 7 heteroatoms. The molecule has 0 atom stereocenters. The maximum atomic E-state index is 13.9. The minimum Gasteiger partial charge on any atom is -0.494 e. The van der Waals surface area contributed by atoms with E-state index in [9.17, 15) is 18.9 Å². The largest absolute Gasteiger partial charge is 0.494 e. The molecule has 0 N–H and O–H groups in total. The number of benzene rings is 2. The van der Waals surface area contributed by atoms with Gasteiger partial charge in [0.1, 0.15) is 12.4 Å². The molecule has 2 rings (SSSR count). The summed E-state index contributed by atoms with van der Waals surface area (Å²) in [5, 5.41) is 10.5. The van der Waals surface area contributed by atoms with Crippen molar-refractivity contribution in [3.63, 3.8) is 0 Å². The zero-order chi connectivity index (χ0) is 15.4. The van der Waals surface area contributed by atoms with Gasteiger partial charge in [0.05, 0.1) is 12.0 Å². The lowest BCUT2D eigenvalue weighted by atomic mass is 10.2. The summed E-state index contributed by atoms with van der Waals surface area (Å²) in [6, 6.07) is 7.68. The molecule has 2 aromatic carbocycles. The van der Waals surface area contributed by atoms with E-state index in [0.717, 1.165) is 12.1 Å². The summed E-state index contributed by atoms with van der Waals surface area (Å²) < 4.78 is 37.3. The number of hydrogen-bond acceptors (Lipinski definition) is 4. The quantitative estimate of drug-likeness (QED) is 0.626. The van der Waals surface area contributed by atoms with Crippen LogP contribution in [0, 0.1) is 21.7 Å². The molecular formula is C14H11F2NO4. The van der Waals surface area contributed by atoms with Crippen LogP contribution in [0.25, 0.3) is 0 Å². The SMILES string of the molecule is COc1cccc(COc2ccc([N+](=O)[O-])c(F)c2)c1F. The molecule has 21 heavy (non-hydrogen) atoms. The average molecular weight is 295 g/mol. The fourth-order valence-corrected chi connectivity index (χ4v) is 1.71. The highest BCUT2D eigenvalue weighted by Gasteiger charge is 2.15. The van der Waals surface area contributed by atoms with Gasteiger partial charge in [-0.2, -0.15) is 4.39 Å². The summed E-state index contributed by atoms with van der Waals surface area (Å²) >= 11 is 0. The topological polar surface area (TPSA) is 61.6 Å². The van der Waals surface area contributed by atoms with Gasteiger partial charge in [-0.25, -0.2) is 4.39 Å². The molecule has 2 aromatic rings. The van der Waals surface area contributed by atoms with Crippen molar-refractivity contribution in [1.82, 2.24) is 0 Å². The van der Waals surface area contributed by atoms with Crippen molar-refractivity contribution in [1.29, 1.82) is 0 Å². The third-order valence-electron chi connectivity index (χ3n) is 2.77. The molecule has 0 amide bonds. The van der Waals surface area contributed by atoms with Crippen molar-refractivity contribution in [2.24, 2.45) is 0 Å². The Bertz CT molecular complexity index is 676. The van der Waals surface area contributed by atoms with Crippen LogP contribution in [-0.4, -0.2) is 12.0 Å². The normalized spacial score (nSPS) is 10.2. The van der Waals surface area contributed by atoms with Crippen LogP contribution in [0.4, 0.5) is 14.5 Å².